The van der Waals surface area contributed by atoms with Gasteiger partial charge in [0.05, 0.1) is 5.56 Å². The number of rotatable bonds is 2. The zero-order valence-corrected chi connectivity index (χ0v) is 8.62. The molecule has 0 bridgehead atoms. The molecule has 0 heterocycles. The van der Waals surface area contributed by atoms with E-state index in [0.29, 0.717) is 18.1 Å². The van der Waals surface area contributed by atoms with Crippen molar-refractivity contribution in [3.8, 4) is 5.75 Å². The lowest BCUT2D eigenvalue weighted by Gasteiger charge is -2.16. The quantitative estimate of drug-likeness (QED) is 0.723. The van der Waals surface area contributed by atoms with Gasteiger partial charge in [-0.25, -0.2) is 0 Å². The summed E-state index contributed by atoms with van der Waals surface area (Å²) in [6, 6.07) is 2.45. The van der Waals surface area contributed by atoms with Crippen LogP contribution < -0.4 is 4.74 Å². The molecule has 0 aliphatic rings. The van der Waals surface area contributed by atoms with Gasteiger partial charge < -0.3 is 4.74 Å². The summed E-state index contributed by atoms with van der Waals surface area (Å²) < 4.78 is 76.5. The number of halogens is 6. The number of ether oxygens (including phenoxy) is 1. The van der Waals surface area contributed by atoms with Gasteiger partial charge in [-0.2, -0.15) is 13.2 Å². The summed E-state index contributed by atoms with van der Waals surface area (Å²) in [6.07, 6.45) is -9.72. The zero-order chi connectivity index (χ0) is 13.3. The Hall–Kier alpha value is -1.40. The van der Waals surface area contributed by atoms with Crippen LogP contribution in [0.3, 0.4) is 0 Å². The molecule has 17 heavy (non-hydrogen) atoms. The average molecular weight is 258 g/mol. The summed E-state index contributed by atoms with van der Waals surface area (Å²) in [7, 11) is 0. The highest BCUT2D eigenvalue weighted by Gasteiger charge is 2.39. The topological polar surface area (TPSA) is 9.23 Å². The molecule has 0 fully saturated rings. The maximum Gasteiger partial charge on any atom is 0.573 e. The molecule has 0 unspecified atom stereocenters. The smallest absolute Gasteiger partial charge is 0.405 e. The van der Waals surface area contributed by atoms with Crippen LogP contribution in [0.4, 0.5) is 26.3 Å². The Morgan fingerprint density at radius 1 is 1.06 bits per heavy atom. The van der Waals surface area contributed by atoms with Crippen LogP contribution in [0.2, 0.25) is 0 Å². The van der Waals surface area contributed by atoms with Crippen molar-refractivity contribution in [2.75, 3.05) is 0 Å². The Kier molecular flexibility index (Phi) is 3.59. The van der Waals surface area contributed by atoms with Crippen LogP contribution in [0.1, 0.15) is 18.1 Å². The summed E-state index contributed by atoms with van der Waals surface area (Å²) in [5.41, 5.74) is -1.11. The molecule has 0 saturated carbocycles. The van der Waals surface area contributed by atoms with Crippen molar-refractivity contribution in [1.82, 2.24) is 0 Å². The lowest BCUT2D eigenvalue weighted by Crippen LogP contribution is -2.20. The van der Waals surface area contributed by atoms with E-state index in [2.05, 4.69) is 4.74 Å². The second kappa shape index (κ2) is 4.46. The molecule has 0 aromatic heterocycles. The Morgan fingerprint density at radius 2 is 1.65 bits per heavy atom. The molecular formula is C10H8F6O. The van der Waals surface area contributed by atoms with Crippen molar-refractivity contribution in [1.29, 1.82) is 0 Å². The molecule has 1 aromatic rings. The van der Waals surface area contributed by atoms with Crippen molar-refractivity contribution in [3.05, 3.63) is 29.3 Å². The molecule has 0 atom stereocenters. The fraction of sp³-hybridized carbons (Fsp3) is 0.400. The molecule has 0 aliphatic carbocycles. The molecule has 7 heteroatoms. The third-order valence-electron chi connectivity index (χ3n) is 1.99. The van der Waals surface area contributed by atoms with Gasteiger partial charge in [-0.3, -0.25) is 0 Å². The van der Waals surface area contributed by atoms with Gasteiger partial charge in [-0.15, -0.1) is 13.2 Å². The van der Waals surface area contributed by atoms with E-state index in [1.54, 1.807) is 6.92 Å². The average Bonchev–Trinajstić information content (AvgIpc) is 2.13. The van der Waals surface area contributed by atoms with E-state index in [1.807, 2.05) is 0 Å². The van der Waals surface area contributed by atoms with Crippen LogP contribution in [0.15, 0.2) is 18.2 Å². The Balaban J connectivity index is 3.22. The van der Waals surface area contributed by atoms with Gasteiger partial charge >= 0.3 is 12.5 Å². The van der Waals surface area contributed by atoms with E-state index in [1.165, 1.54) is 0 Å². The van der Waals surface area contributed by atoms with Crippen LogP contribution in [0.5, 0.6) is 5.75 Å². The SMILES string of the molecule is CCc1ccc(C(F)(F)F)c(OC(F)(F)F)c1. The minimum Gasteiger partial charge on any atom is -0.405 e. The summed E-state index contributed by atoms with van der Waals surface area (Å²) in [5.74, 6) is -1.22. The van der Waals surface area contributed by atoms with Gasteiger partial charge in [0.2, 0.25) is 0 Å². The molecule has 0 aliphatic heterocycles. The highest BCUT2D eigenvalue weighted by atomic mass is 19.4. The van der Waals surface area contributed by atoms with Gasteiger partial charge in [-0.1, -0.05) is 13.0 Å². The largest absolute Gasteiger partial charge is 0.573 e. The minimum absolute atomic E-state index is 0.312. The first kappa shape index (κ1) is 13.7. The number of benzene rings is 1. The van der Waals surface area contributed by atoms with Gasteiger partial charge in [0.15, 0.2) is 0 Å². The second-order valence-electron chi connectivity index (χ2n) is 3.23. The summed E-state index contributed by atoms with van der Waals surface area (Å²) in [5, 5.41) is 0. The number of alkyl halides is 6. The van der Waals surface area contributed by atoms with Crippen molar-refractivity contribution in [3.63, 3.8) is 0 Å². The third kappa shape index (κ3) is 3.83. The first-order valence-electron chi connectivity index (χ1n) is 4.59. The van der Waals surface area contributed by atoms with Crippen LogP contribution in [-0.4, -0.2) is 6.36 Å². The maximum atomic E-state index is 12.4. The Labute approximate surface area is 93.0 Å². The van der Waals surface area contributed by atoms with Crippen LogP contribution >= 0.6 is 0 Å². The monoisotopic (exact) mass is 258 g/mol. The molecule has 0 amide bonds. The molecule has 1 aromatic carbocycles. The first-order valence-corrected chi connectivity index (χ1v) is 4.59. The lowest BCUT2D eigenvalue weighted by molar-refractivity contribution is -0.276. The van der Waals surface area contributed by atoms with Crippen LogP contribution in [-0.2, 0) is 12.6 Å². The predicted octanol–water partition coefficient (Wildman–Crippen LogP) is 4.17. The predicted molar refractivity (Wildman–Crippen MR) is 47.5 cm³/mol. The molecule has 0 saturated heterocycles. The van der Waals surface area contributed by atoms with Crippen molar-refractivity contribution in [2.24, 2.45) is 0 Å². The van der Waals surface area contributed by atoms with Gasteiger partial charge in [0.25, 0.3) is 0 Å². The fourth-order valence-corrected chi connectivity index (χ4v) is 1.23. The summed E-state index contributed by atoms with van der Waals surface area (Å²) in [4.78, 5) is 0. The van der Waals surface area contributed by atoms with E-state index < -0.39 is 23.9 Å². The van der Waals surface area contributed by atoms with Crippen molar-refractivity contribution in [2.45, 2.75) is 25.9 Å². The van der Waals surface area contributed by atoms with Gasteiger partial charge in [0.1, 0.15) is 5.75 Å². The maximum absolute atomic E-state index is 12.4. The zero-order valence-electron chi connectivity index (χ0n) is 8.62. The third-order valence-corrected chi connectivity index (χ3v) is 1.99. The molecule has 1 rings (SSSR count). The first-order chi connectivity index (χ1) is 7.63. The highest BCUT2D eigenvalue weighted by Crippen LogP contribution is 2.38. The molecule has 1 nitrogen and oxygen atoms in total. The second-order valence-corrected chi connectivity index (χ2v) is 3.23. The van der Waals surface area contributed by atoms with Crippen LogP contribution in [0, 0.1) is 0 Å². The molecule has 0 N–H and O–H groups in total. The van der Waals surface area contributed by atoms with E-state index in [-0.39, 0.29) is 0 Å². The summed E-state index contributed by atoms with van der Waals surface area (Å²) in [6.45, 7) is 1.61. The fourth-order valence-electron chi connectivity index (χ4n) is 1.23. The normalized spacial score (nSPS) is 12.6. The van der Waals surface area contributed by atoms with Crippen LogP contribution in [0.25, 0.3) is 0 Å². The van der Waals surface area contributed by atoms with Gasteiger partial charge in [-0.05, 0) is 24.1 Å². The summed E-state index contributed by atoms with van der Waals surface area (Å²) >= 11 is 0. The van der Waals surface area contributed by atoms with E-state index in [9.17, 15) is 26.3 Å². The van der Waals surface area contributed by atoms with E-state index >= 15 is 0 Å². The molecule has 0 radical (unpaired) electrons. The van der Waals surface area contributed by atoms with Gasteiger partial charge in [0, 0.05) is 0 Å². The molecule has 0 spiro atoms. The number of hydrogen-bond donors (Lipinski definition) is 0. The lowest BCUT2D eigenvalue weighted by atomic mass is 10.1. The Morgan fingerprint density at radius 3 is 2.06 bits per heavy atom. The minimum atomic E-state index is -5.15. The standard InChI is InChI=1S/C10H8F6O/c1-2-6-3-4-7(9(11,12)13)8(5-6)17-10(14,15)16/h3-5H,2H2,1H3. The highest BCUT2D eigenvalue weighted by molar-refractivity contribution is 5.39. The van der Waals surface area contributed by atoms with E-state index in [0.717, 1.165) is 12.1 Å². The molecular weight excluding hydrogens is 250 g/mol. The Bertz CT molecular complexity index is 393. The number of hydrogen-bond acceptors (Lipinski definition) is 1. The number of aryl methyl sites for hydroxylation is 1. The van der Waals surface area contributed by atoms with E-state index in [4.69, 9.17) is 0 Å². The molecule has 96 valence electrons. The van der Waals surface area contributed by atoms with Crippen molar-refractivity contribution >= 4 is 0 Å². The van der Waals surface area contributed by atoms with Crippen molar-refractivity contribution < 1.29 is 31.1 Å².